The minimum Gasteiger partial charge on any atom is -0.462 e. The number of amides is 1. The van der Waals surface area contributed by atoms with Gasteiger partial charge in [-0.05, 0) is 45.9 Å². The second kappa shape index (κ2) is 6.89. The predicted octanol–water partition coefficient (Wildman–Crippen LogP) is 3.80. The van der Waals surface area contributed by atoms with Gasteiger partial charge in [0.1, 0.15) is 4.88 Å². The number of hydrazone groups is 1. The monoisotopic (exact) mass is 375 g/mol. The molecule has 2 aromatic heterocycles. The molecule has 0 atom stereocenters. The van der Waals surface area contributed by atoms with Gasteiger partial charge in [0.25, 0.3) is 5.91 Å². The minimum absolute atomic E-state index is 0.243. The van der Waals surface area contributed by atoms with Crippen molar-refractivity contribution in [2.45, 2.75) is 27.7 Å². The summed E-state index contributed by atoms with van der Waals surface area (Å²) in [5.41, 5.74) is 1.69. The number of ether oxygens (including phenoxy) is 1. The molecule has 0 spiro atoms. The third-order valence-electron chi connectivity index (χ3n) is 3.54. The standard InChI is InChI=1S/C17H17N3O3S2/c1-5-23-16(22)14-11(4)18-17(25-14)20-15(21)13(10(3)19-20)8-12-7-6-9(2)24-12/h6-8H,5H2,1-4H3/b13-8+. The maximum absolute atomic E-state index is 12.7. The normalized spacial score (nSPS) is 15.8. The molecule has 0 saturated heterocycles. The van der Waals surface area contributed by atoms with E-state index >= 15 is 0 Å². The van der Waals surface area contributed by atoms with Crippen LogP contribution in [0.4, 0.5) is 5.13 Å². The Morgan fingerprint density at radius 1 is 1.28 bits per heavy atom. The number of nitrogens with zero attached hydrogens (tertiary/aromatic N) is 3. The van der Waals surface area contributed by atoms with Gasteiger partial charge in [-0.3, -0.25) is 4.79 Å². The average molecular weight is 375 g/mol. The molecule has 2 aromatic rings. The van der Waals surface area contributed by atoms with Crippen molar-refractivity contribution in [3.63, 3.8) is 0 Å². The summed E-state index contributed by atoms with van der Waals surface area (Å²) in [5, 5.41) is 5.94. The predicted molar refractivity (Wildman–Crippen MR) is 100 cm³/mol. The Morgan fingerprint density at radius 2 is 2.04 bits per heavy atom. The van der Waals surface area contributed by atoms with E-state index in [9.17, 15) is 9.59 Å². The molecule has 0 bridgehead atoms. The lowest BCUT2D eigenvalue weighted by atomic mass is 10.1. The third kappa shape index (κ3) is 3.40. The molecule has 0 saturated carbocycles. The number of hydrogen-bond donors (Lipinski definition) is 0. The maximum atomic E-state index is 12.7. The van der Waals surface area contributed by atoms with Gasteiger partial charge >= 0.3 is 5.97 Å². The Balaban J connectivity index is 1.90. The van der Waals surface area contributed by atoms with Crippen molar-refractivity contribution in [3.8, 4) is 0 Å². The molecule has 0 N–H and O–H groups in total. The number of aromatic nitrogens is 1. The maximum Gasteiger partial charge on any atom is 0.350 e. The van der Waals surface area contributed by atoms with E-state index in [4.69, 9.17) is 4.74 Å². The molecule has 130 valence electrons. The second-order valence-electron chi connectivity index (χ2n) is 5.44. The molecular formula is C17H17N3O3S2. The first kappa shape index (κ1) is 17.5. The number of esters is 1. The van der Waals surface area contributed by atoms with Crippen LogP contribution < -0.4 is 5.01 Å². The molecule has 0 aliphatic carbocycles. The number of thiazole rings is 1. The van der Waals surface area contributed by atoms with E-state index in [-0.39, 0.29) is 5.91 Å². The van der Waals surface area contributed by atoms with E-state index in [2.05, 4.69) is 10.1 Å². The quantitative estimate of drug-likeness (QED) is 0.602. The van der Waals surface area contributed by atoms with Gasteiger partial charge in [-0.2, -0.15) is 10.1 Å². The van der Waals surface area contributed by atoms with Crippen LogP contribution in [0.15, 0.2) is 22.8 Å². The summed E-state index contributed by atoms with van der Waals surface area (Å²) in [5.74, 6) is -0.673. The SMILES string of the molecule is CCOC(=O)c1sc(N2N=C(C)/C(=C\c3ccc(C)s3)C2=O)nc1C. The number of thiophene rings is 1. The van der Waals surface area contributed by atoms with Crippen molar-refractivity contribution in [1.29, 1.82) is 0 Å². The zero-order valence-corrected chi connectivity index (χ0v) is 16.0. The lowest BCUT2D eigenvalue weighted by Gasteiger charge is -2.06. The largest absolute Gasteiger partial charge is 0.462 e. The number of anilines is 1. The van der Waals surface area contributed by atoms with Crippen LogP contribution in [0.5, 0.6) is 0 Å². The molecule has 0 unspecified atom stereocenters. The molecule has 6 nitrogen and oxygen atoms in total. The number of aryl methyl sites for hydroxylation is 2. The molecule has 3 rings (SSSR count). The average Bonchev–Trinajstić information content (AvgIpc) is 3.21. The molecule has 1 aliphatic rings. The van der Waals surface area contributed by atoms with E-state index in [0.717, 1.165) is 16.2 Å². The molecule has 3 heterocycles. The number of carbonyl (C=O) groups excluding carboxylic acids is 2. The smallest absolute Gasteiger partial charge is 0.350 e. The fraction of sp³-hybridized carbons (Fsp3) is 0.294. The van der Waals surface area contributed by atoms with Crippen LogP contribution in [-0.2, 0) is 9.53 Å². The lowest BCUT2D eigenvalue weighted by Crippen LogP contribution is -2.21. The fourth-order valence-corrected chi connectivity index (χ4v) is 4.08. The van der Waals surface area contributed by atoms with Gasteiger partial charge in [0.05, 0.1) is 23.6 Å². The van der Waals surface area contributed by atoms with E-state index in [1.165, 1.54) is 9.89 Å². The zero-order valence-electron chi connectivity index (χ0n) is 14.3. The zero-order chi connectivity index (χ0) is 18.1. The van der Waals surface area contributed by atoms with Gasteiger partial charge in [0, 0.05) is 9.75 Å². The van der Waals surface area contributed by atoms with Crippen molar-refractivity contribution in [1.82, 2.24) is 4.98 Å². The van der Waals surface area contributed by atoms with Gasteiger partial charge < -0.3 is 4.74 Å². The second-order valence-corrected chi connectivity index (χ2v) is 7.74. The fourth-order valence-electron chi connectivity index (χ4n) is 2.35. The number of carbonyl (C=O) groups is 2. The summed E-state index contributed by atoms with van der Waals surface area (Å²) >= 11 is 2.73. The number of hydrogen-bond acceptors (Lipinski definition) is 7. The molecule has 0 radical (unpaired) electrons. The summed E-state index contributed by atoms with van der Waals surface area (Å²) in [4.78, 5) is 31.6. The Labute approximate surface area is 153 Å². The van der Waals surface area contributed by atoms with E-state index in [1.807, 2.05) is 25.1 Å². The van der Waals surface area contributed by atoms with Gasteiger partial charge in [0.2, 0.25) is 5.13 Å². The van der Waals surface area contributed by atoms with Gasteiger partial charge in [0.15, 0.2) is 0 Å². The Morgan fingerprint density at radius 3 is 2.68 bits per heavy atom. The molecule has 1 aliphatic heterocycles. The highest BCUT2D eigenvalue weighted by Gasteiger charge is 2.32. The summed E-state index contributed by atoms with van der Waals surface area (Å²) < 4.78 is 5.02. The summed E-state index contributed by atoms with van der Waals surface area (Å²) in [6.07, 6.45) is 1.84. The van der Waals surface area contributed by atoms with Crippen molar-refractivity contribution in [3.05, 3.63) is 38.0 Å². The highest BCUT2D eigenvalue weighted by atomic mass is 32.1. The third-order valence-corrected chi connectivity index (χ3v) is 5.60. The van der Waals surface area contributed by atoms with Crippen LogP contribution in [0.3, 0.4) is 0 Å². The van der Waals surface area contributed by atoms with Crippen molar-refractivity contribution < 1.29 is 14.3 Å². The molecule has 8 heteroatoms. The van der Waals surface area contributed by atoms with Crippen LogP contribution in [0.25, 0.3) is 6.08 Å². The Kier molecular flexibility index (Phi) is 4.82. The first-order valence-electron chi connectivity index (χ1n) is 7.73. The first-order valence-corrected chi connectivity index (χ1v) is 9.36. The summed E-state index contributed by atoms with van der Waals surface area (Å²) in [6.45, 7) is 7.56. The van der Waals surface area contributed by atoms with Crippen LogP contribution in [-0.4, -0.2) is 29.2 Å². The lowest BCUT2D eigenvalue weighted by molar-refractivity contribution is -0.114. The number of rotatable bonds is 4. The Bertz CT molecular complexity index is 908. The van der Waals surface area contributed by atoms with Crippen molar-refractivity contribution >= 4 is 51.5 Å². The Hall–Kier alpha value is -2.32. The van der Waals surface area contributed by atoms with Crippen molar-refractivity contribution in [2.24, 2.45) is 5.10 Å². The highest BCUT2D eigenvalue weighted by molar-refractivity contribution is 7.17. The molecule has 25 heavy (non-hydrogen) atoms. The topological polar surface area (TPSA) is 71.9 Å². The molecule has 0 fully saturated rings. The van der Waals surface area contributed by atoms with Crippen LogP contribution in [0.2, 0.25) is 0 Å². The van der Waals surface area contributed by atoms with Gasteiger partial charge in [-0.15, -0.1) is 11.3 Å². The highest BCUT2D eigenvalue weighted by Crippen LogP contribution is 2.32. The van der Waals surface area contributed by atoms with E-state index < -0.39 is 5.97 Å². The molecular weight excluding hydrogens is 358 g/mol. The molecule has 0 aromatic carbocycles. The van der Waals surface area contributed by atoms with E-state index in [0.29, 0.717) is 33.6 Å². The minimum atomic E-state index is -0.430. The molecule has 1 amide bonds. The first-order chi connectivity index (χ1) is 11.9. The summed E-state index contributed by atoms with van der Waals surface area (Å²) in [6, 6.07) is 3.99. The van der Waals surface area contributed by atoms with Crippen LogP contribution in [0, 0.1) is 13.8 Å². The van der Waals surface area contributed by atoms with Crippen molar-refractivity contribution in [2.75, 3.05) is 11.6 Å². The van der Waals surface area contributed by atoms with Crippen LogP contribution >= 0.6 is 22.7 Å². The summed E-state index contributed by atoms with van der Waals surface area (Å²) in [7, 11) is 0. The van der Waals surface area contributed by atoms with Gasteiger partial charge in [-0.1, -0.05) is 11.3 Å². The van der Waals surface area contributed by atoms with E-state index in [1.54, 1.807) is 32.1 Å². The van der Waals surface area contributed by atoms with Crippen LogP contribution in [0.1, 0.15) is 39.0 Å². The van der Waals surface area contributed by atoms with Gasteiger partial charge in [-0.25, -0.2) is 9.78 Å².